The molecule has 160 valence electrons. The van der Waals surface area contributed by atoms with Gasteiger partial charge >= 0.3 is 0 Å². The largest absolute Gasteiger partial charge is 0.356 e. The fraction of sp³-hybridized carbons (Fsp3) is 0.957. The summed E-state index contributed by atoms with van der Waals surface area (Å²) in [6.45, 7) is 13.2. The lowest BCUT2D eigenvalue weighted by molar-refractivity contribution is 0.0863. The van der Waals surface area contributed by atoms with Crippen molar-refractivity contribution in [2.45, 2.75) is 70.9 Å². The molecule has 2 saturated carbocycles. The van der Waals surface area contributed by atoms with E-state index in [0.717, 1.165) is 55.4 Å². The number of nitrogens with zero attached hydrogens (tertiary/aromatic N) is 4. The second kappa shape index (κ2) is 9.34. The molecular weight excluding hydrogens is 346 g/mol. The smallest absolute Gasteiger partial charge is 0.193 e. The van der Waals surface area contributed by atoms with Gasteiger partial charge in [-0.2, -0.15) is 0 Å². The molecule has 0 aromatic carbocycles. The van der Waals surface area contributed by atoms with Crippen LogP contribution in [0, 0.1) is 17.8 Å². The third-order valence-electron chi connectivity index (χ3n) is 7.96. The van der Waals surface area contributed by atoms with Gasteiger partial charge in [-0.15, -0.1) is 0 Å². The van der Waals surface area contributed by atoms with E-state index in [1.165, 1.54) is 71.1 Å². The van der Waals surface area contributed by atoms with Gasteiger partial charge in [-0.3, -0.25) is 9.89 Å². The predicted molar refractivity (Wildman–Crippen MR) is 118 cm³/mol. The minimum atomic E-state index is 0.801. The Morgan fingerprint density at radius 3 is 2.11 bits per heavy atom. The summed E-state index contributed by atoms with van der Waals surface area (Å²) in [5, 5.41) is 3.70. The Kier molecular flexibility index (Phi) is 6.82. The molecule has 0 amide bonds. The number of guanidine groups is 1. The molecule has 0 aromatic heterocycles. The van der Waals surface area contributed by atoms with E-state index in [-0.39, 0.29) is 0 Å². The van der Waals surface area contributed by atoms with Crippen molar-refractivity contribution >= 4 is 5.96 Å². The van der Waals surface area contributed by atoms with Gasteiger partial charge < -0.3 is 15.1 Å². The highest BCUT2D eigenvalue weighted by Gasteiger charge is 2.34. The molecule has 1 N–H and O–H groups in total. The second-order valence-corrected chi connectivity index (χ2v) is 10.1. The Morgan fingerprint density at radius 2 is 1.50 bits per heavy atom. The van der Waals surface area contributed by atoms with E-state index >= 15 is 0 Å². The molecule has 4 fully saturated rings. The van der Waals surface area contributed by atoms with Crippen LogP contribution >= 0.6 is 0 Å². The zero-order valence-corrected chi connectivity index (χ0v) is 18.6. The fourth-order valence-corrected chi connectivity index (χ4v) is 5.80. The molecule has 4 rings (SSSR count). The SMILES string of the molecule is CN=C(NCC1CCN(C2CC2)C1)N1CCN(C2CCC(C(C)C)CC2)CC1. The molecule has 0 bridgehead atoms. The summed E-state index contributed by atoms with van der Waals surface area (Å²) in [6.07, 6.45) is 9.92. The summed E-state index contributed by atoms with van der Waals surface area (Å²) in [7, 11) is 1.95. The molecular formula is C23H43N5. The molecule has 5 heteroatoms. The molecule has 1 atom stereocenters. The van der Waals surface area contributed by atoms with Crippen LogP contribution in [0.25, 0.3) is 0 Å². The van der Waals surface area contributed by atoms with Crippen LogP contribution in [0.3, 0.4) is 0 Å². The maximum Gasteiger partial charge on any atom is 0.193 e. The molecule has 5 nitrogen and oxygen atoms in total. The summed E-state index contributed by atoms with van der Waals surface area (Å²) >= 11 is 0. The third-order valence-corrected chi connectivity index (χ3v) is 7.96. The average molecular weight is 390 g/mol. The number of likely N-dealkylation sites (tertiary alicyclic amines) is 1. The van der Waals surface area contributed by atoms with E-state index in [0.29, 0.717) is 0 Å². The first-order valence-electron chi connectivity index (χ1n) is 12.1. The highest BCUT2D eigenvalue weighted by molar-refractivity contribution is 5.80. The van der Waals surface area contributed by atoms with Gasteiger partial charge in [0.05, 0.1) is 0 Å². The van der Waals surface area contributed by atoms with Crippen LogP contribution in [0.15, 0.2) is 4.99 Å². The van der Waals surface area contributed by atoms with Crippen molar-refractivity contribution in [1.82, 2.24) is 20.0 Å². The number of nitrogens with one attached hydrogen (secondary N) is 1. The Bertz CT molecular complexity index is 513. The van der Waals surface area contributed by atoms with E-state index < -0.39 is 0 Å². The van der Waals surface area contributed by atoms with Gasteiger partial charge in [-0.25, -0.2) is 0 Å². The molecule has 2 aliphatic heterocycles. The third kappa shape index (κ3) is 5.02. The second-order valence-electron chi connectivity index (χ2n) is 10.1. The quantitative estimate of drug-likeness (QED) is 0.579. The standard InChI is InChI=1S/C23H43N5/c1-18(2)20-4-6-21(7-5-20)26-12-14-27(15-13-26)23(24-3)25-16-19-10-11-28(17-19)22-8-9-22/h18-22H,4-17H2,1-3H3,(H,24,25). The molecule has 2 heterocycles. The van der Waals surface area contributed by atoms with Crippen LogP contribution < -0.4 is 5.32 Å². The van der Waals surface area contributed by atoms with E-state index in [4.69, 9.17) is 0 Å². The van der Waals surface area contributed by atoms with Crippen molar-refractivity contribution in [3.05, 3.63) is 0 Å². The van der Waals surface area contributed by atoms with Crippen molar-refractivity contribution < 1.29 is 0 Å². The van der Waals surface area contributed by atoms with Crippen molar-refractivity contribution in [3.63, 3.8) is 0 Å². The van der Waals surface area contributed by atoms with E-state index in [1.807, 2.05) is 7.05 Å². The molecule has 0 spiro atoms. The molecule has 28 heavy (non-hydrogen) atoms. The lowest BCUT2D eigenvalue weighted by atomic mass is 9.79. The van der Waals surface area contributed by atoms with E-state index in [2.05, 4.69) is 38.9 Å². The van der Waals surface area contributed by atoms with Gasteiger partial charge in [0.15, 0.2) is 5.96 Å². The highest BCUT2D eigenvalue weighted by Crippen LogP contribution is 2.33. The zero-order chi connectivity index (χ0) is 19.5. The summed E-state index contributed by atoms with van der Waals surface area (Å²) in [6, 6.07) is 1.76. The Labute approximate surface area is 172 Å². The summed E-state index contributed by atoms with van der Waals surface area (Å²) < 4.78 is 0. The Balaban J connectivity index is 1.17. The average Bonchev–Trinajstić information content (AvgIpc) is 3.47. The van der Waals surface area contributed by atoms with Crippen LogP contribution in [0.1, 0.15) is 58.8 Å². The van der Waals surface area contributed by atoms with E-state index in [9.17, 15) is 0 Å². The number of rotatable bonds is 5. The molecule has 1 unspecified atom stereocenters. The molecule has 2 aliphatic carbocycles. The lowest BCUT2D eigenvalue weighted by Gasteiger charge is -2.43. The van der Waals surface area contributed by atoms with Crippen molar-refractivity contribution in [3.8, 4) is 0 Å². The van der Waals surface area contributed by atoms with E-state index in [1.54, 1.807) is 0 Å². The predicted octanol–water partition coefficient (Wildman–Crippen LogP) is 2.88. The van der Waals surface area contributed by atoms with Gasteiger partial charge in [-0.1, -0.05) is 13.8 Å². The monoisotopic (exact) mass is 389 g/mol. The maximum atomic E-state index is 4.61. The lowest BCUT2D eigenvalue weighted by Crippen LogP contribution is -2.55. The minimum Gasteiger partial charge on any atom is -0.356 e. The Morgan fingerprint density at radius 1 is 0.857 bits per heavy atom. The normalized spacial score (nSPS) is 33.6. The zero-order valence-electron chi connectivity index (χ0n) is 18.6. The summed E-state index contributed by atoms with van der Waals surface area (Å²) in [4.78, 5) is 12.6. The first kappa shape index (κ1) is 20.5. The highest BCUT2D eigenvalue weighted by atomic mass is 15.4. The van der Waals surface area contributed by atoms with Crippen LogP contribution in [-0.2, 0) is 0 Å². The van der Waals surface area contributed by atoms with Crippen LogP contribution in [0.4, 0.5) is 0 Å². The van der Waals surface area contributed by atoms with Crippen LogP contribution in [-0.4, -0.2) is 85.6 Å². The van der Waals surface area contributed by atoms with Gasteiger partial charge in [0.1, 0.15) is 0 Å². The minimum absolute atomic E-state index is 0.801. The van der Waals surface area contributed by atoms with Gasteiger partial charge in [0, 0.05) is 58.4 Å². The molecule has 2 saturated heterocycles. The van der Waals surface area contributed by atoms with Crippen LogP contribution in [0.5, 0.6) is 0 Å². The topological polar surface area (TPSA) is 34.1 Å². The van der Waals surface area contributed by atoms with Crippen LogP contribution in [0.2, 0.25) is 0 Å². The first-order valence-corrected chi connectivity index (χ1v) is 12.1. The van der Waals surface area contributed by atoms with Gasteiger partial charge in [-0.05, 0) is 69.2 Å². The van der Waals surface area contributed by atoms with Gasteiger partial charge in [0.2, 0.25) is 0 Å². The van der Waals surface area contributed by atoms with Crippen molar-refractivity contribution in [2.75, 3.05) is 52.9 Å². The molecule has 4 aliphatic rings. The fourth-order valence-electron chi connectivity index (χ4n) is 5.80. The first-order chi connectivity index (χ1) is 13.6. The number of hydrogen-bond acceptors (Lipinski definition) is 3. The summed E-state index contributed by atoms with van der Waals surface area (Å²) in [5.74, 6) is 3.76. The van der Waals surface area contributed by atoms with Crippen molar-refractivity contribution in [2.24, 2.45) is 22.7 Å². The summed E-state index contributed by atoms with van der Waals surface area (Å²) in [5.41, 5.74) is 0. The molecule has 0 aromatic rings. The Hall–Kier alpha value is -0.810. The number of piperazine rings is 1. The molecule has 0 radical (unpaired) electrons. The van der Waals surface area contributed by atoms with Gasteiger partial charge in [0.25, 0.3) is 0 Å². The number of aliphatic imine (C=N–C) groups is 1. The number of hydrogen-bond donors (Lipinski definition) is 1. The van der Waals surface area contributed by atoms with Crippen molar-refractivity contribution in [1.29, 1.82) is 0 Å². The maximum absolute atomic E-state index is 4.61.